The molecule has 1 aliphatic rings. The van der Waals surface area contributed by atoms with Gasteiger partial charge in [-0.1, -0.05) is 0 Å². The zero-order chi connectivity index (χ0) is 14.1. The molecule has 6 nitrogen and oxygen atoms in total. The van der Waals surface area contributed by atoms with E-state index in [2.05, 4.69) is 20.6 Å². The number of rotatable bonds is 3. The number of aromatic nitrogens is 2. The molecule has 1 saturated heterocycles. The van der Waals surface area contributed by atoms with Gasteiger partial charge in [0, 0.05) is 6.54 Å². The number of hydrogen-bond acceptors (Lipinski definition) is 4. The number of aliphatic hydroxyl groups excluding tert-OH is 1. The van der Waals surface area contributed by atoms with Gasteiger partial charge in [0.25, 0.3) is 0 Å². The van der Waals surface area contributed by atoms with E-state index in [9.17, 15) is 14.3 Å². The van der Waals surface area contributed by atoms with E-state index >= 15 is 0 Å². The predicted octanol–water partition coefficient (Wildman–Crippen LogP) is 0.0410. The van der Waals surface area contributed by atoms with Gasteiger partial charge in [-0.15, -0.1) is 0 Å². The van der Waals surface area contributed by atoms with Crippen molar-refractivity contribution in [1.82, 2.24) is 20.6 Å². The Hall–Kier alpha value is -1.99. The molecule has 106 valence electrons. The summed E-state index contributed by atoms with van der Waals surface area (Å²) in [4.78, 5) is 19.1. The van der Waals surface area contributed by atoms with Crippen LogP contribution in [0.3, 0.4) is 0 Å². The second-order valence-corrected chi connectivity index (χ2v) is 4.91. The number of aromatic amines is 1. The summed E-state index contributed by atoms with van der Waals surface area (Å²) in [5, 5.41) is 15.0. The number of nitrogens with one attached hydrogen (secondary N) is 3. The van der Waals surface area contributed by atoms with Crippen molar-refractivity contribution in [3.8, 4) is 0 Å². The molecule has 1 aromatic carbocycles. The summed E-state index contributed by atoms with van der Waals surface area (Å²) >= 11 is 0. The van der Waals surface area contributed by atoms with Gasteiger partial charge in [0.2, 0.25) is 5.91 Å². The maximum Gasteiger partial charge on any atom is 0.237 e. The summed E-state index contributed by atoms with van der Waals surface area (Å²) < 4.78 is 13.1. The van der Waals surface area contributed by atoms with Gasteiger partial charge < -0.3 is 20.7 Å². The van der Waals surface area contributed by atoms with Gasteiger partial charge in [-0.25, -0.2) is 9.37 Å². The Morgan fingerprint density at radius 2 is 2.40 bits per heavy atom. The van der Waals surface area contributed by atoms with Crippen LogP contribution in [0.2, 0.25) is 0 Å². The van der Waals surface area contributed by atoms with Gasteiger partial charge in [0.15, 0.2) is 0 Å². The summed E-state index contributed by atoms with van der Waals surface area (Å²) in [6, 6.07) is 3.92. The van der Waals surface area contributed by atoms with Crippen molar-refractivity contribution in [2.45, 2.75) is 25.1 Å². The fraction of sp³-hybridized carbons (Fsp3) is 0.385. The molecule has 4 N–H and O–H groups in total. The third-order valence-electron chi connectivity index (χ3n) is 3.35. The molecule has 0 spiro atoms. The highest BCUT2D eigenvalue weighted by Crippen LogP contribution is 2.13. The Morgan fingerprint density at radius 1 is 1.55 bits per heavy atom. The fourth-order valence-corrected chi connectivity index (χ4v) is 2.33. The fourth-order valence-electron chi connectivity index (χ4n) is 2.33. The third kappa shape index (κ3) is 2.63. The number of imidazole rings is 1. The van der Waals surface area contributed by atoms with Gasteiger partial charge >= 0.3 is 0 Å². The lowest BCUT2D eigenvalue weighted by molar-refractivity contribution is -0.123. The number of fused-ring (bicyclic) bond motifs is 1. The van der Waals surface area contributed by atoms with Crippen LogP contribution in [0.5, 0.6) is 0 Å². The molecule has 1 fully saturated rings. The molecule has 2 aromatic rings. The first-order valence-electron chi connectivity index (χ1n) is 6.45. The molecule has 0 saturated carbocycles. The van der Waals surface area contributed by atoms with E-state index in [1.54, 1.807) is 6.07 Å². The van der Waals surface area contributed by atoms with Crippen molar-refractivity contribution in [2.24, 2.45) is 0 Å². The number of β-amino-alcohol motifs (C(OH)–C–C–N with tert-alkyl or cyclic N) is 1. The standard InChI is InChI=1S/C13H15FN4O2/c14-7-1-2-9-10(3-7)18-12(17-9)6-16-13(20)11-4-8(19)5-15-11/h1-3,8,11,15,19H,4-6H2,(H,16,20)(H,17,18)/t8-,11-/m1/s1. The number of nitrogens with zero attached hydrogens (tertiary/aromatic N) is 1. The lowest BCUT2D eigenvalue weighted by Crippen LogP contribution is -2.40. The predicted molar refractivity (Wildman–Crippen MR) is 70.3 cm³/mol. The molecule has 1 amide bonds. The van der Waals surface area contributed by atoms with Crippen LogP contribution < -0.4 is 10.6 Å². The van der Waals surface area contributed by atoms with Crippen molar-refractivity contribution in [3.63, 3.8) is 0 Å². The molecule has 1 aromatic heterocycles. The maximum absolute atomic E-state index is 13.1. The van der Waals surface area contributed by atoms with Gasteiger partial charge in [-0.2, -0.15) is 0 Å². The van der Waals surface area contributed by atoms with Gasteiger partial charge in [0.1, 0.15) is 11.6 Å². The SMILES string of the molecule is O=C(NCc1nc2ccc(F)cc2[nH]1)[C@H]1C[C@@H](O)CN1. The Labute approximate surface area is 114 Å². The molecule has 7 heteroatoms. The largest absolute Gasteiger partial charge is 0.392 e. The van der Waals surface area contributed by atoms with Crippen molar-refractivity contribution in [1.29, 1.82) is 0 Å². The van der Waals surface area contributed by atoms with Gasteiger partial charge in [0.05, 0.1) is 29.7 Å². The van der Waals surface area contributed by atoms with Crippen molar-refractivity contribution < 1.29 is 14.3 Å². The molecule has 2 atom stereocenters. The van der Waals surface area contributed by atoms with E-state index in [1.807, 2.05) is 0 Å². The third-order valence-corrected chi connectivity index (χ3v) is 3.35. The number of H-pyrrole nitrogens is 1. The minimum absolute atomic E-state index is 0.173. The van der Waals surface area contributed by atoms with E-state index in [4.69, 9.17) is 0 Å². The highest BCUT2D eigenvalue weighted by atomic mass is 19.1. The highest BCUT2D eigenvalue weighted by Gasteiger charge is 2.27. The van der Waals surface area contributed by atoms with Crippen LogP contribution in [0.25, 0.3) is 11.0 Å². The van der Waals surface area contributed by atoms with Crippen LogP contribution in [0.1, 0.15) is 12.2 Å². The second-order valence-electron chi connectivity index (χ2n) is 4.91. The molecule has 3 rings (SSSR count). The number of carbonyl (C=O) groups is 1. The molecule has 2 heterocycles. The first-order valence-corrected chi connectivity index (χ1v) is 6.45. The van der Waals surface area contributed by atoms with Crippen LogP contribution in [-0.4, -0.2) is 39.7 Å². The van der Waals surface area contributed by atoms with Crippen LogP contribution in [0, 0.1) is 5.82 Å². The molecule has 20 heavy (non-hydrogen) atoms. The normalized spacial score (nSPS) is 22.3. The van der Waals surface area contributed by atoms with E-state index in [0.29, 0.717) is 29.8 Å². The Kier molecular flexibility index (Phi) is 3.37. The number of carbonyl (C=O) groups excluding carboxylic acids is 1. The smallest absolute Gasteiger partial charge is 0.237 e. The van der Waals surface area contributed by atoms with Crippen LogP contribution in [-0.2, 0) is 11.3 Å². The first kappa shape index (κ1) is 13.0. The van der Waals surface area contributed by atoms with Crippen LogP contribution in [0.4, 0.5) is 4.39 Å². The average Bonchev–Trinajstić information content (AvgIpc) is 3.01. The molecule has 0 aliphatic carbocycles. The van der Waals surface area contributed by atoms with Crippen LogP contribution >= 0.6 is 0 Å². The van der Waals surface area contributed by atoms with Crippen molar-refractivity contribution in [3.05, 3.63) is 29.8 Å². The zero-order valence-electron chi connectivity index (χ0n) is 10.7. The van der Waals surface area contributed by atoms with Gasteiger partial charge in [-0.3, -0.25) is 4.79 Å². The molecule has 0 radical (unpaired) electrons. The highest BCUT2D eigenvalue weighted by molar-refractivity contribution is 5.82. The maximum atomic E-state index is 13.1. The first-order chi connectivity index (χ1) is 9.61. The lowest BCUT2D eigenvalue weighted by atomic mass is 10.2. The van der Waals surface area contributed by atoms with E-state index in [0.717, 1.165) is 0 Å². The summed E-state index contributed by atoms with van der Waals surface area (Å²) in [5.74, 6) is 0.0616. The minimum atomic E-state index is -0.472. The van der Waals surface area contributed by atoms with Gasteiger partial charge in [-0.05, 0) is 24.6 Å². The number of halogens is 1. The van der Waals surface area contributed by atoms with E-state index in [-0.39, 0.29) is 24.3 Å². The molecular weight excluding hydrogens is 263 g/mol. The average molecular weight is 278 g/mol. The minimum Gasteiger partial charge on any atom is -0.392 e. The van der Waals surface area contributed by atoms with E-state index in [1.165, 1.54) is 12.1 Å². The monoisotopic (exact) mass is 278 g/mol. The lowest BCUT2D eigenvalue weighted by Gasteiger charge is -2.09. The number of benzene rings is 1. The second kappa shape index (κ2) is 5.18. The Bertz CT molecular complexity index is 642. The summed E-state index contributed by atoms with van der Waals surface area (Å²) in [6.07, 6.45) is -0.0584. The summed E-state index contributed by atoms with van der Waals surface area (Å²) in [6.45, 7) is 0.672. The quantitative estimate of drug-likeness (QED) is 0.638. The molecule has 0 bridgehead atoms. The van der Waals surface area contributed by atoms with Crippen molar-refractivity contribution in [2.75, 3.05) is 6.54 Å². The summed E-state index contributed by atoms with van der Waals surface area (Å²) in [7, 11) is 0. The zero-order valence-corrected chi connectivity index (χ0v) is 10.7. The molecule has 1 aliphatic heterocycles. The number of aliphatic hydroxyl groups is 1. The topological polar surface area (TPSA) is 90.0 Å². The number of amides is 1. The molecular formula is C13H15FN4O2. The Balaban J connectivity index is 1.63. The Morgan fingerprint density at radius 3 is 3.15 bits per heavy atom. The summed E-state index contributed by atoms with van der Waals surface area (Å²) in [5.41, 5.74) is 1.26. The van der Waals surface area contributed by atoms with E-state index < -0.39 is 6.10 Å². The number of hydrogen-bond donors (Lipinski definition) is 4. The van der Waals surface area contributed by atoms with Crippen LogP contribution in [0.15, 0.2) is 18.2 Å². The molecule has 0 unspecified atom stereocenters. The van der Waals surface area contributed by atoms with Crippen molar-refractivity contribution >= 4 is 16.9 Å².